The van der Waals surface area contributed by atoms with Crippen molar-refractivity contribution in [2.45, 2.75) is 38.9 Å². The molecule has 0 aliphatic carbocycles. The molecule has 12 heteroatoms. The number of ether oxygens (including phenoxy) is 1. The summed E-state index contributed by atoms with van der Waals surface area (Å²) in [5.41, 5.74) is 1.44. The van der Waals surface area contributed by atoms with E-state index in [-0.39, 0.29) is 36.0 Å². The number of hydrogen-bond acceptors (Lipinski definition) is 8. The number of anilines is 3. The standard InChI is InChI=1S/C24H26F3N7O2/c1-13-11-34(12-14(2)36-13)24-29-10-18(25)22(31-24)30-20-9-17(21(33-32-20)23(35)28-3)16-6-4-15(5-7-16)8-19(26)27/h4-7,9-10,13-14,19H,8,11-12H2,1-3H3,(H,28,35)(H,29,30,31,32)/t13-,14+. The van der Waals surface area contributed by atoms with Crippen LogP contribution in [-0.2, 0) is 11.2 Å². The molecule has 1 amide bonds. The van der Waals surface area contributed by atoms with Crippen LogP contribution in [0.1, 0.15) is 29.9 Å². The smallest absolute Gasteiger partial charge is 0.272 e. The van der Waals surface area contributed by atoms with E-state index in [0.717, 1.165) is 6.20 Å². The van der Waals surface area contributed by atoms with Gasteiger partial charge in [-0.05, 0) is 31.0 Å². The van der Waals surface area contributed by atoms with Gasteiger partial charge in [-0.25, -0.2) is 18.2 Å². The van der Waals surface area contributed by atoms with Crippen LogP contribution in [0.25, 0.3) is 11.1 Å². The lowest BCUT2D eigenvalue weighted by atomic mass is 10.0. The monoisotopic (exact) mass is 501 g/mol. The van der Waals surface area contributed by atoms with Gasteiger partial charge in [0.25, 0.3) is 5.91 Å². The fourth-order valence-corrected chi connectivity index (χ4v) is 4.02. The topological polar surface area (TPSA) is 105 Å². The number of hydrogen-bond donors (Lipinski definition) is 2. The Balaban J connectivity index is 1.65. The van der Waals surface area contributed by atoms with Crippen molar-refractivity contribution in [2.75, 3.05) is 30.4 Å². The van der Waals surface area contributed by atoms with Crippen molar-refractivity contribution >= 4 is 23.5 Å². The predicted octanol–water partition coefficient (Wildman–Crippen LogP) is 3.60. The van der Waals surface area contributed by atoms with E-state index in [0.29, 0.717) is 35.7 Å². The number of carbonyl (C=O) groups excluding carboxylic acids is 1. The third-order valence-corrected chi connectivity index (χ3v) is 5.57. The molecule has 36 heavy (non-hydrogen) atoms. The maximum Gasteiger partial charge on any atom is 0.272 e. The van der Waals surface area contributed by atoms with Gasteiger partial charge in [0.1, 0.15) is 0 Å². The molecule has 3 heterocycles. The molecule has 0 bridgehead atoms. The van der Waals surface area contributed by atoms with E-state index in [2.05, 4.69) is 30.8 Å². The van der Waals surface area contributed by atoms with Crippen molar-refractivity contribution in [1.82, 2.24) is 25.5 Å². The Bertz CT molecular complexity index is 1220. The summed E-state index contributed by atoms with van der Waals surface area (Å²) >= 11 is 0. The van der Waals surface area contributed by atoms with Gasteiger partial charge in [-0.15, -0.1) is 10.2 Å². The molecule has 2 aromatic heterocycles. The third-order valence-electron chi connectivity index (χ3n) is 5.57. The molecular formula is C24H26F3N7O2. The molecule has 1 fully saturated rings. The molecule has 0 spiro atoms. The highest BCUT2D eigenvalue weighted by Crippen LogP contribution is 2.28. The molecule has 1 saturated heterocycles. The van der Waals surface area contributed by atoms with Gasteiger partial charge in [-0.2, -0.15) is 4.98 Å². The summed E-state index contributed by atoms with van der Waals surface area (Å²) in [6.45, 7) is 5.00. The molecule has 0 saturated carbocycles. The van der Waals surface area contributed by atoms with Crippen LogP contribution in [0, 0.1) is 5.82 Å². The van der Waals surface area contributed by atoms with E-state index in [4.69, 9.17) is 4.74 Å². The van der Waals surface area contributed by atoms with E-state index in [1.807, 2.05) is 18.7 Å². The summed E-state index contributed by atoms with van der Waals surface area (Å²) in [6, 6.07) is 7.89. The number of amides is 1. The molecule has 1 aliphatic rings. The van der Waals surface area contributed by atoms with Crippen molar-refractivity contribution in [3.05, 3.63) is 53.6 Å². The summed E-state index contributed by atoms with van der Waals surface area (Å²) in [6.07, 6.45) is -1.83. The van der Waals surface area contributed by atoms with E-state index in [1.54, 1.807) is 24.3 Å². The zero-order valence-corrected chi connectivity index (χ0v) is 20.0. The number of benzene rings is 1. The molecule has 0 radical (unpaired) electrons. The van der Waals surface area contributed by atoms with Gasteiger partial charge in [0.05, 0.1) is 18.4 Å². The number of alkyl halides is 2. The average molecular weight is 502 g/mol. The van der Waals surface area contributed by atoms with E-state index in [1.165, 1.54) is 13.1 Å². The first kappa shape index (κ1) is 25.3. The highest BCUT2D eigenvalue weighted by Gasteiger charge is 2.25. The van der Waals surface area contributed by atoms with Gasteiger partial charge in [0.15, 0.2) is 23.1 Å². The molecule has 1 aliphatic heterocycles. The fourth-order valence-electron chi connectivity index (χ4n) is 4.02. The highest BCUT2D eigenvalue weighted by atomic mass is 19.3. The Kier molecular flexibility index (Phi) is 7.63. The summed E-state index contributed by atoms with van der Waals surface area (Å²) in [5.74, 6) is -0.797. The molecule has 190 valence electrons. The normalized spacial score (nSPS) is 17.8. The van der Waals surface area contributed by atoms with Gasteiger partial charge < -0.3 is 20.3 Å². The number of aromatic nitrogens is 4. The number of rotatable bonds is 7. The summed E-state index contributed by atoms with van der Waals surface area (Å²) < 4.78 is 45.8. The average Bonchev–Trinajstić information content (AvgIpc) is 2.84. The third kappa shape index (κ3) is 5.88. The van der Waals surface area contributed by atoms with Crippen LogP contribution in [0.2, 0.25) is 0 Å². The molecular weight excluding hydrogens is 475 g/mol. The largest absolute Gasteiger partial charge is 0.372 e. The maximum atomic E-state index is 14.6. The molecule has 9 nitrogen and oxygen atoms in total. The van der Waals surface area contributed by atoms with Crippen LogP contribution >= 0.6 is 0 Å². The quantitative estimate of drug-likeness (QED) is 0.506. The second-order valence-electron chi connectivity index (χ2n) is 8.52. The predicted molar refractivity (Wildman–Crippen MR) is 128 cm³/mol. The Hall–Kier alpha value is -3.80. The van der Waals surface area contributed by atoms with Crippen molar-refractivity contribution < 1.29 is 22.7 Å². The molecule has 1 aromatic carbocycles. The van der Waals surface area contributed by atoms with Crippen molar-refractivity contribution in [2.24, 2.45) is 0 Å². The van der Waals surface area contributed by atoms with Crippen LogP contribution in [0.5, 0.6) is 0 Å². The Morgan fingerprint density at radius 2 is 1.86 bits per heavy atom. The lowest BCUT2D eigenvalue weighted by molar-refractivity contribution is -0.00572. The van der Waals surface area contributed by atoms with E-state index < -0.39 is 18.1 Å². The first-order valence-corrected chi connectivity index (χ1v) is 11.4. The molecule has 0 unspecified atom stereocenters. The van der Waals surface area contributed by atoms with Crippen LogP contribution in [0.3, 0.4) is 0 Å². The molecule has 2 atom stereocenters. The van der Waals surface area contributed by atoms with Gasteiger partial charge in [0, 0.05) is 32.1 Å². The zero-order valence-electron chi connectivity index (χ0n) is 20.0. The van der Waals surface area contributed by atoms with E-state index >= 15 is 0 Å². The van der Waals surface area contributed by atoms with Crippen LogP contribution in [-0.4, -0.2) is 64.8 Å². The minimum atomic E-state index is -2.47. The number of carbonyl (C=O) groups is 1. The lowest BCUT2D eigenvalue weighted by Crippen LogP contribution is -2.46. The van der Waals surface area contributed by atoms with Gasteiger partial charge in [0.2, 0.25) is 12.4 Å². The number of morpholine rings is 1. The van der Waals surface area contributed by atoms with Crippen molar-refractivity contribution in [3.8, 4) is 11.1 Å². The number of nitrogens with one attached hydrogen (secondary N) is 2. The molecule has 2 N–H and O–H groups in total. The van der Waals surface area contributed by atoms with Gasteiger partial charge in [-0.1, -0.05) is 24.3 Å². The number of halogens is 3. The number of nitrogens with zero attached hydrogens (tertiary/aromatic N) is 5. The fraction of sp³-hybridized carbons (Fsp3) is 0.375. The minimum Gasteiger partial charge on any atom is -0.372 e. The highest BCUT2D eigenvalue weighted by molar-refractivity contribution is 5.99. The summed E-state index contributed by atoms with van der Waals surface area (Å²) in [5, 5.41) is 13.3. The van der Waals surface area contributed by atoms with Crippen LogP contribution in [0.15, 0.2) is 36.5 Å². The maximum absolute atomic E-state index is 14.6. The van der Waals surface area contributed by atoms with Crippen LogP contribution < -0.4 is 15.5 Å². The molecule has 3 aromatic rings. The lowest BCUT2D eigenvalue weighted by Gasteiger charge is -2.35. The van der Waals surface area contributed by atoms with Crippen molar-refractivity contribution in [3.63, 3.8) is 0 Å². The first-order chi connectivity index (χ1) is 17.2. The minimum absolute atomic E-state index is 0.0309. The van der Waals surface area contributed by atoms with E-state index in [9.17, 15) is 18.0 Å². The molecule has 4 rings (SSSR count). The Morgan fingerprint density at radius 3 is 2.50 bits per heavy atom. The Labute approximate surface area is 206 Å². The van der Waals surface area contributed by atoms with Crippen molar-refractivity contribution in [1.29, 1.82) is 0 Å². The SMILES string of the molecule is CNC(=O)c1nnc(Nc2nc(N3C[C@@H](C)O[C@@H](C)C3)ncc2F)cc1-c1ccc(CC(F)F)cc1. The van der Waals surface area contributed by atoms with Gasteiger partial charge >= 0.3 is 0 Å². The second kappa shape index (κ2) is 10.9. The summed E-state index contributed by atoms with van der Waals surface area (Å²) in [7, 11) is 1.46. The summed E-state index contributed by atoms with van der Waals surface area (Å²) in [4.78, 5) is 22.7. The zero-order chi connectivity index (χ0) is 25.8. The van der Waals surface area contributed by atoms with Gasteiger partial charge in [-0.3, -0.25) is 4.79 Å². The second-order valence-corrected chi connectivity index (χ2v) is 8.52. The Morgan fingerprint density at radius 1 is 1.17 bits per heavy atom. The van der Waals surface area contributed by atoms with Crippen LogP contribution in [0.4, 0.5) is 30.8 Å². The first-order valence-electron chi connectivity index (χ1n) is 11.4.